The van der Waals surface area contributed by atoms with E-state index < -0.39 is 5.60 Å². The first kappa shape index (κ1) is 23.6. The van der Waals surface area contributed by atoms with Crippen LogP contribution in [-0.4, -0.2) is 36.7 Å². The van der Waals surface area contributed by atoms with Crippen molar-refractivity contribution in [1.29, 1.82) is 0 Å². The van der Waals surface area contributed by atoms with Crippen LogP contribution >= 0.6 is 11.6 Å². The number of guanidine groups is 2. The molecule has 0 saturated heterocycles. The van der Waals surface area contributed by atoms with Crippen LogP contribution < -0.4 is 22.1 Å². The molecule has 1 amide bonds. The molecule has 0 aliphatic rings. The van der Waals surface area contributed by atoms with E-state index in [1.54, 1.807) is 24.3 Å². The van der Waals surface area contributed by atoms with Crippen LogP contribution in [0.2, 0.25) is 5.02 Å². The molecule has 156 valence electrons. The summed E-state index contributed by atoms with van der Waals surface area (Å²) in [6.45, 7) is 6.68. The number of carbonyl (C=O) groups is 1. The Labute approximate surface area is 171 Å². The molecule has 0 heterocycles. The number of nitrogens with two attached hydrogens (primary N) is 2. The fraction of sp³-hybridized carbons (Fsp3) is 0.526. The van der Waals surface area contributed by atoms with Gasteiger partial charge in [-0.15, -0.1) is 0 Å². The van der Waals surface area contributed by atoms with Crippen LogP contribution in [-0.2, 0) is 4.74 Å². The fourth-order valence-corrected chi connectivity index (χ4v) is 2.28. The van der Waals surface area contributed by atoms with E-state index in [9.17, 15) is 4.79 Å². The van der Waals surface area contributed by atoms with Crippen molar-refractivity contribution in [2.24, 2.45) is 21.5 Å². The van der Waals surface area contributed by atoms with Crippen molar-refractivity contribution < 1.29 is 9.53 Å². The van der Waals surface area contributed by atoms with Gasteiger partial charge in [-0.1, -0.05) is 24.4 Å². The van der Waals surface area contributed by atoms with Gasteiger partial charge in [0, 0.05) is 23.8 Å². The van der Waals surface area contributed by atoms with Crippen molar-refractivity contribution in [3.8, 4) is 0 Å². The normalized spacial score (nSPS) is 12.6. The third-order valence-electron chi connectivity index (χ3n) is 3.38. The van der Waals surface area contributed by atoms with E-state index in [2.05, 4.69) is 20.6 Å². The molecule has 8 nitrogen and oxygen atoms in total. The lowest BCUT2D eigenvalue weighted by atomic mass is 10.2. The summed E-state index contributed by atoms with van der Waals surface area (Å²) < 4.78 is 5.17. The number of ether oxygens (including phenoxy) is 1. The average molecular weight is 411 g/mol. The van der Waals surface area contributed by atoms with Gasteiger partial charge in [0.1, 0.15) is 5.60 Å². The van der Waals surface area contributed by atoms with Gasteiger partial charge in [-0.3, -0.25) is 4.99 Å². The molecule has 28 heavy (non-hydrogen) atoms. The predicted octanol–water partition coefficient (Wildman–Crippen LogP) is 3.47. The lowest BCUT2D eigenvalue weighted by Gasteiger charge is -2.19. The SMILES string of the molecule is CC(C)(C)OC(=O)NCCCCCCN=C(N)N=C(N)Nc1ccc(Cl)cc1. The fourth-order valence-electron chi connectivity index (χ4n) is 2.16. The van der Waals surface area contributed by atoms with Gasteiger partial charge in [-0.2, -0.15) is 4.99 Å². The van der Waals surface area contributed by atoms with E-state index in [0.717, 1.165) is 31.4 Å². The number of aliphatic imine (C=N–C) groups is 2. The van der Waals surface area contributed by atoms with Crippen molar-refractivity contribution in [2.75, 3.05) is 18.4 Å². The van der Waals surface area contributed by atoms with E-state index in [4.69, 9.17) is 27.8 Å². The van der Waals surface area contributed by atoms with Gasteiger partial charge >= 0.3 is 6.09 Å². The number of halogens is 1. The molecule has 6 N–H and O–H groups in total. The van der Waals surface area contributed by atoms with E-state index in [0.29, 0.717) is 18.1 Å². The minimum Gasteiger partial charge on any atom is -0.444 e. The van der Waals surface area contributed by atoms with Crippen molar-refractivity contribution in [3.63, 3.8) is 0 Å². The molecule has 0 aliphatic carbocycles. The number of unbranched alkanes of at least 4 members (excludes halogenated alkanes) is 3. The molecule has 0 bridgehead atoms. The van der Waals surface area contributed by atoms with Crippen molar-refractivity contribution in [2.45, 2.75) is 52.1 Å². The molecule has 0 radical (unpaired) electrons. The second-order valence-corrected chi connectivity index (χ2v) is 7.65. The quantitative estimate of drug-likeness (QED) is 0.296. The van der Waals surface area contributed by atoms with Gasteiger partial charge in [-0.05, 0) is 57.9 Å². The summed E-state index contributed by atoms with van der Waals surface area (Å²) in [4.78, 5) is 19.7. The van der Waals surface area contributed by atoms with Crippen molar-refractivity contribution in [1.82, 2.24) is 5.32 Å². The lowest BCUT2D eigenvalue weighted by Crippen LogP contribution is -2.32. The number of anilines is 1. The Morgan fingerprint density at radius 3 is 2.39 bits per heavy atom. The molecule has 1 aromatic carbocycles. The third-order valence-corrected chi connectivity index (χ3v) is 3.63. The summed E-state index contributed by atoms with van der Waals surface area (Å²) in [7, 11) is 0. The van der Waals surface area contributed by atoms with Crippen molar-refractivity contribution in [3.05, 3.63) is 29.3 Å². The molecule has 0 saturated carbocycles. The highest BCUT2D eigenvalue weighted by atomic mass is 35.5. The first-order valence-electron chi connectivity index (χ1n) is 9.29. The first-order valence-corrected chi connectivity index (χ1v) is 9.67. The molecular formula is C19H31ClN6O2. The Kier molecular flexibility index (Phi) is 10.2. The molecule has 0 unspecified atom stereocenters. The number of nitrogens with one attached hydrogen (secondary N) is 2. The maximum absolute atomic E-state index is 11.5. The number of nitrogens with zero attached hydrogens (tertiary/aromatic N) is 2. The summed E-state index contributed by atoms with van der Waals surface area (Å²) in [5.41, 5.74) is 11.8. The second kappa shape index (κ2) is 12.1. The number of alkyl carbamates (subject to hydrolysis) is 1. The summed E-state index contributed by atoms with van der Waals surface area (Å²) in [6.07, 6.45) is 3.35. The molecule has 1 rings (SSSR count). The number of hydrogen-bond donors (Lipinski definition) is 4. The van der Waals surface area contributed by atoms with Crippen LogP contribution in [0.3, 0.4) is 0 Å². The van der Waals surface area contributed by atoms with Gasteiger partial charge in [-0.25, -0.2) is 4.79 Å². The van der Waals surface area contributed by atoms with Crippen molar-refractivity contribution >= 4 is 35.3 Å². The maximum Gasteiger partial charge on any atom is 0.407 e. The van der Waals surface area contributed by atoms with E-state index >= 15 is 0 Å². The molecule has 0 aromatic heterocycles. The molecule has 0 aliphatic heterocycles. The number of rotatable bonds is 8. The first-order chi connectivity index (χ1) is 13.2. The van der Waals surface area contributed by atoms with Crippen LogP contribution in [0.5, 0.6) is 0 Å². The Hall–Kier alpha value is -2.48. The Bertz CT molecular complexity index is 668. The summed E-state index contributed by atoms with van der Waals surface area (Å²) in [6, 6.07) is 7.07. The van der Waals surface area contributed by atoms with Gasteiger partial charge < -0.3 is 26.8 Å². The van der Waals surface area contributed by atoms with Crippen LogP contribution in [0.15, 0.2) is 34.3 Å². The summed E-state index contributed by atoms with van der Waals surface area (Å²) in [5.74, 6) is 0.294. The largest absolute Gasteiger partial charge is 0.444 e. The topological polar surface area (TPSA) is 127 Å². The average Bonchev–Trinajstić information content (AvgIpc) is 2.57. The Balaban J connectivity index is 2.15. The molecule has 0 atom stereocenters. The van der Waals surface area contributed by atoms with E-state index in [-0.39, 0.29) is 18.0 Å². The highest BCUT2D eigenvalue weighted by Gasteiger charge is 2.15. The van der Waals surface area contributed by atoms with Crippen LogP contribution in [0.25, 0.3) is 0 Å². The van der Waals surface area contributed by atoms with Crippen LogP contribution in [0.1, 0.15) is 46.5 Å². The zero-order valence-electron chi connectivity index (χ0n) is 16.8. The maximum atomic E-state index is 11.5. The summed E-state index contributed by atoms with van der Waals surface area (Å²) >= 11 is 5.83. The number of carbonyl (C=O) groups excluding carboxylic acids is 1. The lowest BCUT2D eigenvalue weighted by molar-refractivity contribution is 0.0527. The second-order valence-electron chi connectivity index (χ2n) is 7.21. The van der Waals surface area contributed by atoms with Crippen LogP contribution in [0, 0.1) is 0 Å². The molecule has 1 aromatic rings. The molecule has 0 spiro atoms. The summed E-state index contributed by atoms with van der Waals surface area (Å²) in [5, 5.41) is 6.29. The smallest absolute Gasteiger partial charge is 0.407 e. The monoisotopic (exact) mass is 410 g/mol. The van der Waals surface area contributed by atoms with Gasteiger partial charge in [0.05, 0.1) is 0 Å². The standard InChI is InChI=1S/C19H31ClN6O2/c1-19(2,3)28-18(27)24-13-7-5-4-6-12-23-16(21)26-17(22)25-15-10-8-14(20)9-11-15/h8-11H,4-7,12-13H2,1-3H3,(H,24,27)(H5,21,22,23,25,26). The molecule has 9 heteroatoms. The molecular weight excluding hydrogens is 380 g/mol. The zero-order chi connectivity index (χ0) is 21.0. The Morgan fingerprint density at radius 2 is 1.75 bits per heavy atom. The third kappa shape index (κ3) is 12.0. The molecule has 0 fully saturated rings. The van der Waals surface area contributed by atoms with Gasteiger partial charge in [0.25, 0.3) is 0 Å². The zero-order valence-corrected chi connectivity index (χ0v) is 17.6. The highest BCUT2D eigenvalue weighted by Crippen LogP contribution is 2.12. The van der Waals surface area contributed by atoms with Crippen LogP contribution in [0.4, 0.5) is 10.5 Å². The van der Waals surface area contributed by atoms with E-state index in [1.807, 2.05) is 20.8 Å². The number of hydrogen-bond acceptors (Lipinski definition) is 3. The van der Waals surface area contributed by atoms with Gasteiger partial charge in [0.15, 0.2) is 0 Å². The Morgan fingerprint density at radius 1 is 1.11 bits per heavy atom. The minimum absolute atomic E-state index is 0.130. The minimum atomic E-state index is -0.474. The van der Waals surface area contributed by atoms with E-state index in [1.165, 1.54) is 0 Å². The highest BCUT2D eigenvalue weighted by molar-refractivity contribution is 6.30. The number of benzene rings is 1. The number of amides is 1. The van der Waals surface area contributed by atoms with Gasteiger partial charge in [0.2, 0.25) is 11.9 Å². The predicted molar refractivity (Wildman–Crippen MR) is 116 cm³/mol.